The zero-order valence-electron chi connectivity index (χ0n) is 34.2. The predicted molar refractivity (Wildman–Crippen MR) is 221 cm³/mol. The summed E-state index contributed by atoms with van der Waals surface area (Å²) >= 11 is 0. The number of carbonyl (C=O) groups is 1. The van der Waals surface area contributed by atoms with Crippen molar-refractivity contribution in [2.45, 2.75) is 296 Å². The lowest BCUT2D eigenvalue weighted by Gasteiger charge is -2.01. The fraction of sp³-hybridized carbons (Fsp3) is 0.979. The molecule has 3 fully saturated rings. The van der Waals surface area contributed by atoms with E-state index in [2.05, 4.69) is 0 Å². The highest BCUT2D eigenvalue weighted by atomic mass is 16.4. The highest BCUT2D eigenvalue weighted by molar-refractivity contribution is 5.62. The fourth-order valence-corrected chi connectivity index (χ4v) is 7.95. The van der Waals surface area contributed by atoms with Gasteiger partial charge in [0.05, 0.1) is 0 Å². The smallest absolute Gasteiger partial charge is 0.300 e. The van der Waals surface area contributed by atoms with Crippen LogP contribution in [-0.4, -0.2) is 11.1 Å². The van der Waals surface area contributed by atoms with Gasteiger partial charge in [0.25, 0.3) is 5.97 Å². The first-order valence-electron chi connectivity index (χ1n) is 23.4. The summed E-state index contributed by atoms with van der Waals surface area (Å²) in [7, 11) is 0. The van der Waals surface area contributed by atoms with Gasteiger partial charge in [0.2, 0.25) is 0 Å². The van der Waals surface area contributed by atoms with Gasteiger partial charge in [-0.25, -0.2) is 0 Å². The van der Waals surface area contributed by atoms with Crippen molar-refractivity contribution in [1.82, 2.24) is 0 Å². The van der Waals surface area contributed by atoms with E-state index >= 15 is 0 Å². The molecule has 3 aliphatic rings. The molecule has 0 aliphatic heterocycles. The molecule has 2 heteroatoms. The van der Waals surface area contributed by atoms with Crippen LogP contribution in [0.1, 0.15) is 296 Å². The number of carboxylic acids is 1. The van der Waals surface area contributed by atoms with E-state index in [1.54, 1.807) is 0 Å². The second-order valence-corrected chi connectivity index (χ2v) is 16.4. The number of hydrogen-bond acceptors (Lipinski definition) is 1. The number of carboxylic acid groups (broad SMARTS) is 1. The lowest BCUT2D eigenvalue weighted by atomic mass is 10.1. The van der Waals surface area contributed by atoms with Gasteiger partial charge in [-0.3, -0.25) is 4.79 Å². The highest BCUT2D eigenvalue weighted by Gasteiger charge is 1.99. The Labute approximate surface area is 310 Å². The maximum atomic E-state index is 9.00. The summed E-state index contributed by atoms with van der Waals surface area (Å²) in [5, 5.41) is 7.42. The molecule has 0 heterocycles. The Morgan fingerprint density at radius 1 is 0.204 bits per heavy atom. The number of hydrogen-bond donors (Lipinski definition) is 1. The Bertz CT molecular complexity index is 336. The van der Waals surface area contributed by atoms with E-state index in [1.807, 2.05) is 0 Å². The lowest BCUT2D eigenvalue weighted by Crippen LogP contribution is -1.81. The van der Waals surface area contributed by atoms with Crippen LogP contribution < -0.4 is 0 Å². The van der Waals surface area contributed by atoms with Crippen molar-refractivity contribution in [2.24, 2.45) is 0 Å². The SMILES string of the molecule is C1CCCCCCCCCCCCCC1.C1CCCCCCCCCCCCCC1.C1CCCCCCCCCCCCCC1.CC(=O)O. The van der Waals surface area contributed by atoms with Gasteiger partial charge >= 0.3 is 0 Å². The van der Waals surface area contributed by atoms with Gasteiger partial charge in [0.15, 0.2) is 0 Å². The average Bonchev–Trinajstić information content (AvgIpc) is 3.12. The first-order chi connectivity index (χ1) is 24.2. The predicted octanol–water partition coefficient (Wildman–Crippen LogP) is 17.6. The standard InChI is InChI=1S/3C15H30.C2H4O2/c3*1-2-4-6-8-10-12-14-15-13-11-9-7-5-3-1;1-2(3)4/h3*1-15H2;1H3,(H,3,4). The zero-order chi connectivity index (χ0) is 35.4. The Balaban J connectivity index is 0.000000667. The summed E-state index contributed by atoms with van der Waals surface area (Å²) < 4.78 is 0. The van der Waals surface area contributed by atoms with Crippen LogP contribution >= 0.6 is 0 Å². The van der Waals surface area contributed by atoms with Crippen molar-refractivity contribution in [2.75, 3.05) is 0 Å². The van der Waals surface area contributed by atoms with Crippen LogP contribution in [0, 0.1) is 0 Å². The van der Waals surface area contributed by atoms with Crippen molar-refractivity contribution in [3.63, 3.8) is 0 Å². The fourth-order valence-electron chi connectivity index (χ4n) is 7.95. The van der Waals surface area contributed by atoms with Gasteiger partial charge in [-0.2, -0.15) is 0 Å². The first-order valence-corrected chi connectivity index (χ1v) is 23.4. The summed E-state index contributed by atoms with van der Waals surface area (Å²) in [5.41, 5.74) is 0. The first kappa shape index (κ1) is 48.5. The van der Waals surface area contributed by atoms with Crippen LogP contribution in [0.3, 0.4) is 0 Å². The van der Waals surface area contributed by atoms with E-state index in [-0.39, 0.29) is 0 Å². The molecular weight excluding hydrogens is 597 g/mol. The average molecular weight is 691 g/mol. The molecule has 3 aliphatic carbocycles. The lowest BCUT2D eigenvalue weighted by molar-refractivity contribution is -0.134. The van der Waals surface area contributed by atoms with Gasteiger partial charge in [0, 0.05) is 6.92 Å². The molecule has 0 amide bonds. The van der Waals surface area contributed by atoms with Gasteiger partial charge in [0.1, 0.15) is 0 Å². The molecule has 2 nitrogen and oxygen atoms in total. The van der Waals surface area contributed by atoms with Crippen LogP contribution in [0.2, 0.25) is 0 Å². The van der Waals surface area contributed by atoms with Crippen molar-refractivity contribution in [3.8, 4) is 0 Å². The third-order valence-electron chi connectivity index (χ3n) is 11.2. The largest absolute Gasteiger partial charge is 0.481 e. The molecular formula is C47H94O2. The minimum atomic E-state index is -0.833. The Kier molecular flexibility index (Phi) is 45.0. The van der Waals surface area contributed by atoms with E-state index in [0.717, 1.165) is 6.92 Å². The van der Waals surface area contributed by atoms with Gasteiger partial charge in [-0.05, 0) is 0 Å². The van der Waals surface area contributed by atoms with Crippen LogP contribution in [-0.2, 0) is 4.79 Å². The maximum Gasteiger partial charge on any atom is 0.300 e. The van der Waals surface area contributed by atoms with E-state index in [9.17, 15) is 0 Å². The van der Waals surface area contributed by atoms with Crippen molar-refractivity contribution >= 4 is 5.97 Å². The van der Waals surface area contributed by atoms with E-state index in [0.29, 0.717) is 0 Å². The molecule has 1 N–H and O–H groups in total. The Morgan fingerprint density at radius 3 is 0.245 bits per heavy atom. The molecule has 0 bridgehead atoms. The number of aliphatic carboxylic acids is 1. The minimum absolute atomic E-state index is 0.833. The van der Waals surface area contributed by atoms with Crippen LogP contribution in [0.5, 0.6) is 0 Å². The highest BCUT2D eigenvalue weighted by Crippen LogP contribution is 2.19. The molecule has 0 unspecified atom stereocenters. The van der Waals surface area contributed by atoms with E-state index in [1.165, 1.54) is 289 Å². The van der Waals surface area contributed by atoms with Crippen molar-refractivity contribution in [1.29, 1.82) is 0 Å². The molecule has 0 spiro atoms. The monoisotopic (exact) mass is 691 g/mol. The molecule has 0 aromatic rings. The van der Waals surface area contributed by atoms with Crippen LogP contribution in [0.15, 0.2) is 0 Å². The topological polar surface area (TPSA) is 37.3 Å². The second-order valence-electron chi connectivity index (χ2n) is 16.4. The molecule has 0 aromatic heterocycles. The quantitative estimate of drug-likeness (QED) is 0.275. The van der Waals surface area contributed by atoms with Gasteiger partial charge in [-0.15, -0.1) is 0 Å². The molecule has 294 valence electrons. The Hall–Kier alpha value is -0.530. The molecule has 0 radical (unpaired) electrons. The molecule has 49 heavy (non-hydrogen) atoms. The zero-order valence-corrected chi connectivity index (χ0v) is 34.2. The summed E-state index contributed by atoms with van der Waals surface area (Å²) in [5.74, 6) is -0.833. The normalized spacial score (nSPS) is 22.6. The molecule has 0 aromatic carbocycles. The minimum Gasteiger partial charge on any atom is -0.481 e. The summed E-state index contributed by atoms with van der Waals surface area (Å²) in [6, 6.07) is 0. The summed E-state index contributed by atoms with van der Waals surface area (Å²) in [6.07, 6.45) is 67.5. The molecule has 0 saturated heterocycles. The summed E-state index contributed by atoms with van der Waals surface area (Å²) in [4.78, 5) is 9.00. The molecule has 3 saturated carbocycles. The van der Waals surface area contributed by atoms with Gasteiger partial charge < -0.3 is 5.11 Å². The summed E-state index contributed by atoms with van der Waals surface area (Å²) in [6.45, 7) is 1.08. The molecule has 0 atom stereocenters. The van der Waals surface area contributed by atoms with Crippen LogP contribution in [0.4, 0.5) is 0 Å². The van der Waals surface area contributed by atoms with Crippen molar-refractivity contribution < 1.29 is 9.90 Å². The Morgan fingerprint density at radius 2 is 0.224 bits per heavy atom. The van der Waals surface area contributed by atoms with Gasteiger partial charge in [-0.1, -0.05) is 289 Å². The van der Waals surface area contributed by atoms with Crippen LogP contribution in [0.25, 0.3) is 0 Å². The van der Waals surface area contributed by atoms with E-state index in [4.69, 9.17) is 9.90 Å². The number of rotatable bonds is 0. The molecule has 3 rings (SSSR count). The second kappa shape index (κ2) is 45.5. The third kappa shape index (κ3) is 49.6. The van der Waals surface area contributed by atoms with E-state index < -0.39 is 5.97 Å². The maximum absolute atomic E-state index is 9.00. The van der Waals surface area contributed by atoms with Crippen molar-refractivity contribution in [3.05, 3.63) is 0 Å². The third-order valence-corrected chi connectivity index (χ3v) is 11.2.